The van der Waals surface area contributed by atoms with Crippen molar-refractivity contribution in [1.82, 2.24) is 10.9 Å². The molecule has 2 N–H and O–H groups in total. The van der Waals surface area contributed by atoms with E-state index in [1.54, 1.807) is 48.5 Å². The number of benzene rings is 2. The molecule has 3 rings (SSSR count). The van der Waals surface area contributed by atoms with E-state index in [0.29, 0.717) is 23.4 Å². The zero-order chi connectivity index (χ0) is 19.4. The molecule has 8 heteroatoms. The quantitative estimate of drug-likeness (QED) is 0.540. The third-order valence-electron chi connectivity index (χ3n) is 4.29. The second kappa shape index (κ2) is 8.10. The molecule has 0 spiro atoms. The summed E-state index contributed by atoms with van der Waals surface area (Å²) in [4.78, 5) is 36.1. The predicted octanol–water partition coefficient (Wildman–Crippen LogP) is 3.14. The molecule has 140 valence electrons. The van der Waals surface area contributed by atoms with Crippen LogP contribution in [0.2, 0.25) is 5.02 Å². The summed E-state index contributed by atoms with van der Waals surface area (Å²) in [7, 11) is 0. The van der Waals surface area contributed by atoms with Crippen molar-refractivity contribution in [2.75, 3.05) is 6.61 Å². The van der Waals surface area contributed by atoms with Gasteiger partial charge in [-0.05, 0) is 54.8 Å². The molecule has 0 atom stereocenters. The van der Waals surface area contributed by atoms with Crippen molar-refractivity contribution in [2.24, 2.45) is 0 Å². The van der Waals surface area contributed by atoms with Gasteiger partial charge in [0.25, 0.3) is 11.8 Å². The van der Waals surface area contributed by atoms with Crippen molar-refractivity contribution in [2.45, 2.75) is 18.3 Å². The number of esters is 1. The lowest BCUT2D eigenvalue weighted by atomic mass is 9.96. The molecule has 1 fully saturated rings. The molecule has 1 aliphatic carbocycles. The number of ether oxygens (including phenoxy) is 1. The minimum Gasteiger partial charge on any atom is -0.455 e. The third kappa shape index (κ3) is 4.67. The van der Waals surface area contributed by atoms with Gasteiger partial charge in [0.15, 0.2) is 6.61 Å². The van der Waals surface area contributed by atoms with Crippen LogP contribution in [0.4, 0.5) is 0 Å². The van der Waals surface area contributed by atoms with Crippen LogP contribution in [0.1, 0.15) is 28.8 Å². The standard InChI is InChI=1S/C19H16BrClN2O4/c20-14-5-1-12(2-6-14)17(25)23-22-16(24)11-27-18(26)19(9-10-19)13-3-7-15(21)8-4-13/h1-8H,9-11H2,(H,22,24)(H,23,25). The lowest BCUT2D eigenvalue weighted by Gasteiger charge is -2.15. The molecule has 27 heavy (non-hydrogen) atoms. The van der Waals surface area contributed by atoms with Crippen LogP contribution in [0.15, 0.2) is 53.0 Å². The molecule has 0 heterocycles. The highest BCUT2D eigenvalue weighted by Crippen LogP contribution is 2.49. The maximum atomic E-state index is 12.4. The predicted molar refractivity (Wildman–Crippen MR) is 103 cm³/mol. The molecule has 2 aromatic rings. The topological polar surface area (TPSA) is 84.5 Å². The Morgan fingerprint density at radius 2 is 1.63 bits per heavy atom. The molecule has 1 saturated carbocycles. The van der Waals surface area contributed by atoms with Gasteiger partial charge in [0, 0.05) is 15.1 Å². The highest BCUT2D eigenvalue weighted by Gasteiger charge is 2.52. The van der Waals surface area contributed by atoms with E-state index in [4.69, 9.17) is 16.3 Å². The van der Waals surface area contributed by atoms with Crippen molar-refractivity contribution in [1.29, 1.82) is 0 Å². The van der Waals surface area contributed by atoms with E-state index >= 15 is 0 Å². The molecule has 0 bridgehead atoms. The molecular formula is C19H16BrClN2O4. The van der Waals surface area contributed by atoms with Gasteiger partial charge < -0.3 is 4.74 Å². The van der Waals surface area contributed by atoms with Crippen LogP contribution < -0.4 is 10.9 Å². The Bertz CT molecular complexity index is 864. The molecule has 0 aliphatic heterocycles. The van der Waals surface area contributed by atoms with Crippen LogP contribution in [-0.2, 0) is 19.7 Å². The zero-order valence-electron chi connectivity index (χ0n) is 14.1. The lowest BCUT2D eigenvalue weighted by molar-refractivity contribution is -0.151. The molecule has 1 aliphatic rings. The van der Waals surface area contributed by atoms with Crippen molar-refractivity contribution >= 4 is 45.3 Å². The van der Waals surface area contributed by atoms with E-state index in [1.807, 2.05) is 0 Å². The van der Waals surface area contributed by atoms with Crippen molar-refractivity contribution in [3.63, 3.8) is 0 Å². The summed E-state index contributed by atoms with van der Waals surface area (Å²) in [6.45, 7) is -0.477. The third-order valence-corrected chi connectivity index (χ3v) is 5.07. The van der Waals surface area contributed by atoms with Crippen molar-refractivity contribution in [3.8, 4) is 0 Å². The molecule has 0 aromatic heterocycles. The minimum atomic E-state index is -0.703. The summed E-state index contributed by atoms with van der Waals surface area (Å²) < 4.78 is 5.97. The summed E-state index contributed by atoms with van der Waals surface area (Å²) in [6, 6.07) is 13.6. The van der Waals surface area contributed by atoms with Gasteiger partial charge in [0.2, 0.25) is 0 Å². The number of hydrogen-bond acceptors (Lipinski definition) is 4. The van der Waals surface area contributed by atoms with Crippen LogP contribution in [-0.4, -0.2) is 24.4 Å². The number of nitrogens with one attached hydrogen (secondary N) is 2. The lowest BCUT2D eigenvalue weighted by Crippen LogP contribution is -2.44. The first-order valence-corrected chi connectivity index (χ1v) is 9.36. The van der Waals surface area contributed by atoms with E-state index in [1.165, 1.54) is 0 Å². The van der Waals surface area contributed by atoms with E-state index in [9.17, 15) is 14.4 Å². The Morgan fingerprint density at radius 3 is 2.22 bits per heavy atom. The van der Waals surface area contributed by atoms with Gasteiger partial charge in [0.1, 0.15) is 0 Å². The highest BCUT2D eigenvalue weighted by atomic mass is 79.9. The number of hydrogen-bond donors (Lipinski definition) is 2. The Hall–Kier alpha value is -2.38. The second-order valence-corrected chi connectivity index (χ2v) is 7.53. The normalized spacial score (nSPS) is 14.1. The van der Waals surface area contributed by atoms with E-state index in [2.05, 4.69) is 26.8 Å². The van der Waals surface area contributed by atoms with Crippen molar-refractivity contribution < 1.29 is 19.1 Å². The average Bonchev–Trinajstić information content (AvgIpc) is 3.47. The maximum absolute atomic E-state index is 12.4. The van der Waals surface area contributed by atoms with Gasteiger partial charge in [-0.25, -0.2) is 0 Å². The van der Waals surface area contributed by atoms with E-state index in [0.717, 1.165) is 10.0 Å². The Morgan fingerprint density at radius 1 is 1.00 bits per heavy atom. The van der Waals surface area contributed by atoms with Crippen LogP contribution in [0.5, 0.6) is 0 Å². The Labute approximate surface area is 169 Å². The molecule has 2 aromatic carbocycles. The number of halogens is 2. The van der Waals surface area contributed by atoms with Gasteiger partial charge in [-0.3, -0.25) is 25.2 Å². The zero-order valence-corrected chi connectivity index (χ0v) is 16.5. The highest BCUT2D eigenvalue weighted by molar-refractivity contribution is 9.10. The average molecular weight is 452 g/mol. The van der Waals surface area contributed by atoms with Crippen LogP contribution in [0, 0.1) is 0 Å². The van der Waals surface area contributed by atoms with Crippen LogP contribution in [0.25, 0.3) is 0 Å². The van der Waals surface area contributed by atoms with Gasteiger partial charge in [0.05, 0.1) is 5.41 Å². The Kier molecular flexibility index (Phi) is 5.82. The second-order valence-electron chi connectivity index (χ2n) is 6.17. The van der Waals surface area contributed by atoms with Gasteiger partial charge in [-0.1, -0.05) is 39.7 Å². The molecule has 0 radical (unpaired) electrons. The SMILES string of the molecule is O=C(COC(=O)C1(c2ccc(Cl)cc2)CC1)NNC(=O)c1ccc(Br)cc1. The van der Waals surface area contributed by atoms with Crippen molar-refractivity contribution in [3.05, 3.63) is 69.2 Å². The summed E-state index contributed by atoms with van der Waals surface area (Å²) in [5.74, 6) is -1.55. The van der Waals surface area contributed by atoms with Crippen LogP contribution in [0.3, 0.4) is 0 Å². The van der Waals surface area contributed by atoms with Gasteiger partial charge >= 0.3 is 5.97 Å². The number of carbonyl (C=O) groups excluding carboxylic acids is 3. The van der Waals surface area contributed by atoms with E-state index < -0.39 is 29.8 Å². The first kappa shape index (κ1) is 19.4. The first-order valence-electron chi connectivity index (χ1n) is 8.19. The number of rotatable bonds is 5. The molecular weight excluding hydrogens is 436 g/mol. The summed E-state index contributed by atoms with van der Waals surface area (Å²) in [6.07, 6.45) is 1.32. The molecule has 0 saturated heterocycles. The summed E-state index contributed by atoms with van der Waals surface area (Å²) in [5, 5.41) is 0.587. The number of hydrazine groups is 1. The smallest absolute Gasteiger partial charge is 0.317 e. The van der Waals surface area contributed by atoms with Gasteiger partial charge in [-0.15, -0.1) is 0 Å². The van der Waals surface area contributed by atoms with E-state index in [-0.39, 0.29) is 0 Å². The van der Waals surface area contributed by atoms with Gasteiger partial charge in [-0.2, -0.15) is 0 Å². The fourth-order valence-electron chi connectivity index (χ4n) is 2.61. The molecule has 2 amide bonds. The largest absolute Gasteiger partial charge is 0.455 e. The summed E-state index contributed by atoms with van der Waals surface area (Å²) in [5.41, 5.74) is 5.00. The fourth-order valence-corrected chi connectivity index (χ4v) is 3.00. The fraction of sp³-hybridized carbons (Fsp3) is 0.211. The van der Waals surface area contributed by atoms with Crippen LogP contribution >= 0.6 is 27.5 Å². The number of carbonyl (C=O) groups is 3. The molecule has 6 nitrogen and oxygen atoms in total. The monoisotopic (exact) mass is 450 g/mol. The molecule has 0 unspecified atom stereocenters. The maximum Gasteiger partial charge on any atom is 0.317 e. The Balaban J connectivity index is 1.47. The summed E-state index contributed by atoms with van der Waals surface area (Å²) >= 11 is 9.15. The number of amides is 2. The minimum absolute atomic E-state index is 0.384. The first-order chi connectivity index (χ1) is 12.9.